The smallest absolute Gasteiger partial charge is 0.274 e. The van der Waals surface area contributed by atoms with E-state index in [-0.39, 0.29) is 23.1 Å². The predicted octanol–water partition coefficient (Wildman–Crippen LogP) is 1.09. The first-order valence-electron chi connectivity index (χ1n) is 7.84. The first-order chi connectivity index (χ1) is 10.5. The highest BCUT2D eigenvalue weighted by Crippen LogP contribution is 2.21. The number of nitrogens with two attached hydrogens (primary N) is 1. The van der Waals surface area contributed by atoms with Crippen LogP contribution in [0.2, 0.25) is 0 Å². The van der Waals surface area contributed by atoms with Gasteiger partial charge in [0, 0.05) is 18.8 Å². The van der Waals surface area contributed by atoms with Gasteiger partial charge in [-0.3, -0.25) is 9.48 Å². The van der Waals surface area contributed by atoms with Crippen LogP contribution in [0.15, 0.2) is 6.07 Å². The SMILES string of the molecule is Cc1cc(C(=O)N2CCC[C@@H](CS(N)(=O)=O)C2)nn1C(C)(C)C. The summed E-state index contributed by atoms with van der Waals surface area (Å²) < 4.78 is 24.4. The summed E-state index contributed by atoms with van der Waals surface area (Å²) in [5, 5.41) is 9.56. The number of primary sulfonamides is 1. The average molecular weight is 342 g/mol. The van der Waals surface area contributed by atoms with Crippen LogP contribution < -0.4 is 5.14 Å². The second-order valence-electron chi connectivity index (χ2n) is 7.34. The van der Waals surface area contributed by atoms with Crippen molar-refractivity contribution in [2.75, 3.05) is 18.8 Å². The van der Waals surface area contributed by atoms with Gasteiger partial charge in [0.05, 0.1) is 11.3 Å². The van der Waals surface area contributed by atoms with Gasteiger partial charge in [-0.2, -0.15) is 5.10 Å². The molecule has 0 radical (unpaired) electrons. The molecule has 1 aliphatic heterocycles. The Morgan fingerprint density at radius 3 is 2.61 bits per heavy atom. The molecule has 2 N–H and O–H groups in total. The van der Waals surface area contributed by atoms with Crippen molar-refractivity contribution in [1.82, 2.24) is 14.7 Å². The maximum atomic E-state index is 12.7. The molecule has 1 aromatic heterocycles. The van der Waals surface area contributed by atoms with Gasteiger partial charge in [-0.15, -0.1) is 0 Å². The van der Waals surface area contributed by atoms with Crippen molar-refractivity contribution >= 4 is 15.9 Å². The number of aromatic nitrogens is 2. The Bertz CT molecular complexity index is 688. The summed E-state index contributed by atoms with van der Waals surface area (Å²) in [6.45, 7) is 9.06. The molecule has 1 aliphatic rings. The van der Waals surface area contributed by atoms with E-state index < -0.39 is 10.0 Å². The van der Waals surface area contributed by atoms with E-state index >= 15 is 0 Å². The first-order valence-corrected chi connectivity index (χ1v) is 9.56. The molecule has 1 saturated heterocycles. The van der Waals surface area contributed by atoms with Gasteiger partial charge in [-0.05, 0) is 52.5 Å². The van der Waals surface area contributed by atoms with E-state index in [1.807, 2.05) is 32.4 Å². The molecule has 23 heavy (non-hydrogen) atoms. The van der Waals surface area contributed by atoms with Crippen LogP contribution in [0.1, 0.15) is 49.8 Å². The van der Waals surface area contributed by atoms with Crippen LogP contribution in [0.4, 0.5) is 0 Å². The minimum Gasteiger partial charge on any atom is -0.337 e. The van der Waals surface area contributed by atoms with Gasteiger partial charge in [0.2, 0.25) is 10.0 Å². The number of aryl methyl sites for hydroxylation is 1. The zero-order valence-corrected chi connectivity index (χ0v) is 15.1. The Kier molecular flexibility index (Phi) is 4.86. The predicted molar refractivity (Wildman–Crippen MR) is 88.6 cm³/mol. The summed E-state index contributed by atoms with van der Waals surface area (Å²) >= 11 is 0. The van der Waals surface area contributed by atoms with Crippen LogP contribution in [0.5, 0.6) is 0 Å². The van der Waals surface area contributed by atoms with Crippen molar-refractivity contribution in [3.05, 3.63) is 17.5 Å². The minimum atomic E-state index is -3.52. The van der Waals surface area contributed by atoms with Crippen LogP contribution in [0.3, 0.4) is 0 Å². The Morgan fingerprint density at radius 2 is 2.09 bits per heavy atom. The molecule has 0 saturated carbocycles. The van der Waals surface area contributed by atoms with E-state index in [4.69, 9.17) is 5.14 Å². The molecule has 1 aromatic rings. The quantitative estimate of drug-likeness (QED) is 0.889. The van der Waals surface area contributed by atoms with E-state index in [1.165, 1.54) is 0 Å². The summed E-state index contributed by atoms with van der Waals surface area (Å²) in [4.78, 5) is 14.4. The van der Waals surface area contributed by atoms with E-state index in [0.717, 1.165) is 18.5 Å². The summed E-state index contributed by atoms with van der Waals surface area (Å²) in [6, 6.07) is 1.79. The molecule has 2 heterocycles. The number of likely N-dealkylation sites (tertiary alicyclic amines) is 1. The van der Waals surface area contributed by atoms with Crippen molar-refractivity contribution in [3.8, 4) is 0 Å². The van der Waals surface area contributed by atoms with Gasteiger partial charge in [-0.1, -0.05) is 0 Å². The number of amides is 1. The molecule has 8 heteroatoms. The Balaban J connectivity index is 2.14. The number of sulfonamides is 1. The minimum absolute atomic E-state index is 0.0771. The third-order valence-electron chi connectivity index (χ3n) is 4.02. The van der Waals surface area contributed by atoms with Gasteiger partial charge in [-0.25, -0.2) is 13.6 Å². The van der Waals surface area contributed by atoms with Crippen LogP contribution >= 0.6 is 0 Å². The largest absolute Gasteiger partial charge is 0.337 e. The monoisotopic (exact) mass is 342 g/mol. The van der Waals surface area contributed by atoms with Gasteiger partial charge in [0.15, 0.2) is 5.69 Å². The Morgan fingerprint density at radius 1 is 1.43 bits per heavy atom. The molecular weight excluding hydrogens is 316 g/mol. The number of rotatable bonds is 3. The molecule has 2 rings (SSSR count). The molecule has 1 atom stereocenters. The number of carbonyl (C=O) groups excluding carboxylic acids is 1. The van der Waals surface area contributed by atoms with E-state index in [1.54, 1.807) is 11.0 Å². The summed E-state index contributed by atoms with van der Waals surface area (Å²) in [6.07, 6.45) is 1.56. The van der Waals surface area contributed by atoms with Crippen molar-refractivity contribution in [1.29, 1.82) is 0 Å². The van der Waals surface area contributed by atoms with Crippen LogP contribution in [-0.2, 0) is 15.6 Å². The number of piperidine rings is 1. The standard InChI is InChI=1S/C15H26N4O3S/c1-11-8-13(17-19(11)15(2,3)4)14(20)18-7-5-6-12(9-18)10-23(16,21)22/h8,12H,5-7,9-10H2,1-4H3,(H2,16,21,22)/t12-/m1/s1. The highest BCUT2D eigenvalue weighted by molar-refractivity contribution is 7.89. The number of hydrogen-bond acceptors (Lipinski definition) is 4. The van der Waals surface area contributed by atoms with Gasteiger partial charge in [0.25, 0.3) is 5.91 Å². The second kappa shape index (κ2) is 6.24. The molecule has 7 nitrogen and oxygen atoms in total. The summed E-state index contributed by atoms with van der Waals surface area (Å²) in [7, 11) is -3.52. The third-order valence-corrected chi connectivity index (χ3v) is 4.95. The molecule has 0 aliphatic carbocycles. The van der Waals surface area contributed by atoms with E-state index in [0.29, 0.717) is 18.8 Å². The van der Waals surface area contributed by atoms with Gasteiger partial charge >= 0.3 is 0 Å². The van der Waals surface area contributed by atoms with Crippen molar-refractivity contribution in [2.45, 2.75) is 46.1 Å². The molecule has 1 fully saturated rings. The molecule has 0 unspecified atom stereocenters. The fourth-order valence-electron chi connectivity index (χ4n) is 3.13. The van der Waals surface area contributed by atoms with Crippen molar-refractivity contribution in [2.24, 2.45) is 11.1 Å². The molecule has 130 valence electrons. The normalized spacial score (nSPS) is 19.9. The lowest BCUT2D eigenvalue weighted by molar-refractivity contribution is 0.0676. The van der Waals surface area contributed by atoms with E-state index in [9.17, 15) is 13.2 Å². The maximum Gasteiger partial charge on any atom is 0.274 e. The van der Waals surface area contributed by atoms with E-state index in [2.05, 4.69) is 5.10 Å². The Hall–Kier alpha value is -1.41. The van der Waals surface area contributed by atoms with Crippen molar-refractivity contribution < 1.29 is 13.2 Å². The summed E-state index contributed by atoms with van der Waals surface area (Å²) in [5.74, 6) is -0.324. The third kappa shape index (κ3) is 4.54. The topological polar surface area (TPSA) is 98.3 Å². The van der Waals surface area contributed by atoms with Crippen molar-refractivity contribution in [3.63, 3.8) is 0 Å². The molecule has 0 spiro atoms. The average Bonchev–Trinajstić information content (AvgIpc) is 2.78. The molecule has 0 bridgehead atoms. The lowest BCUT2D eigenvalue weighted by Gasteiger charge is -2.31. The lowest BCUT2D eigenvalue weighted by atomic mass is 10.00. The van der Waals surface area contributed by atoms with Gasteiger partial charge < -0.3 is 4.90 Å². The lowest BCUT2D eigenvalue weighted by Crippen LogP contribution is -2.42. The Labute approximate surface area is 137 Å². The highest BCUT2D eigenvalue weighted by Gasteiger charge is 2.29. The number of hydrogen-bond donors (Lipinski definition) is 1. The fraction of sp³-hybridized carbons (Fsp3) is 0.733. The highest BCUT2D eigenvalue weighted by atomic mass is 32.2. The van der Waals surface area contributed by atoms with Crippen LogP contribution in [0.25, 0.3) is 0 Å². The van der Waals surface area contributed by atoms with Gasteiger partial charge in [0.1, 0.15) is 0 Å². The number of carbonyl (C=O) groups is 1. The van der Waals surface area contributed by atoms with Crippen LogP contribution in [0, 0.1) is 12.8 Å². The zero-order chi connectivity index (χ0) is 17.4. The van der Waals surface area contributed by atoms with Crippen LogP contribution in [-0.4, -0.2) is 47.8 Å². The maximum absolute atomic E-state index is 12.7. The molecule has 1 amide bonds. The molecule has 0 aromatic carbocycles. The summed E-state index contributed by atoms with van der Waals surface area (Å²) in [5.41, 5.74) is 1.15. The first kappa shape index (κ1) is 17.9. The molecular formula is C15H26N4O3S. The second-order valence-corrected chi connectivity index (χ2v) is 9.00. The zero-order valence-electron chi connectivity index (χ0n) is 14.2. The fourth-order valence-corrected chi connectivity index (χ4v) is 4.06. The number of nitrogens with zero attached hydrogens (tertiary/aromatic N) is 3.